The molecule has 2 rings (SSSR count). The molecule has 0 saturated carbocycles. The number of pyridine rings is 1. The lowest BCUT2D eigenvalue weighted by atomic mass is 10.1. The van der Waals surface area contributed by atoms with Crippen molar-refractivity contribution in [3.8, 4) is 0 Å². The van der Waals surface area contributed by atoms with E-state index in [9.17, 15) is 17.1 Å². The molecule has 18 heavy (non-hydrogen) atoms. The number of amides is 1. The van der Waals surface area contributed by atoms with E-state index in [0.717, 1.165) is 11.1 Å². The Morgan fingerprint density at radius 1 is 1.33 bits per heavy atom. The van der Waals surface area contributed by atoms with E-state index in [4.69, 9.17) is 0 Å². The van der Waals surface area contributed by atoms with Gasteiger partial charge in [-0.15, -0.1) is 3.89 Å². The lowest BCUT2D eigenvalue weighted by molar-refractivity contribution is -0.117. The second-order valence-corrected chi connectivity index (χ2v) is 6.05. The highest BCUT2D eigenvalue weighted by atomic mass is 32.3. The molecule has 0 N–H and O–H groups in total. The molecule has 0 spiro atoms. The van der Waals surface area contributed by atoms with Crippen molar-refractivity contribution in [3.05, 3.63) is 23.5 Å². The number of hydrogen-bond donors (Lipinski definition) is 0. The Morgan fingerprint density at radius 2 is 1.89 bits per heavy atom. The summed E-state index contributed by atoms with van der Waals surface area (Å²) in [7, 11) is -4.68. The van der Waals surface area contributed by atoms with E-state index in [1.165, 1.54) is 4.90 Å². The molecule has 1 aromatic rings. The minimum atomic E-state index is -4.68. The van der Waals surface area contributed by atoms with Gasteiger partial charge in [0, 0.05) is 25.4 Å². The van der Waals surface area contributed by atoms with Gasteiger partial charge in [0.2, 0.25) is 5.91 Å². The van der Waals surface area contributed by atoms with Crippen LogP contribution in [0, 0.1) is 13.8 Å². The van der Waals surface area contributed by atoms with Crippen LogP contribution in [0.15, 0.2) is 12.4 Å². The van der Waals surface area contributed by atoms with Gasteiger partial charge in [-0.1, -0.05) is 0 Å². The summed E-state index contributed by atoms with van der Waals surface area (Å²) in [4.78, 5) is 17.1. The average molecular weight is 272 g/mol. The molecule has 1 aliphatic rings. The number of carbonyl (C=O) groups is 1. The smallest absolute Gasteiger partial charge is 0.307 e. The molecule has 1 unspecified atom stereocenters. The Hall–Kier alpha value is -1.50. The molecule has 0 aromatic carbocycles. The van der Waals surface area contributed by atoms with Crippen molar-refractivity contribution in [2.24, 2.45) is 0 Å². The molecule has 1 fully saturated rings. The van der Waals surface area contributed by atoms with Crippen LogP contribution in [-0.4, -0.2) is 31.1 Å². The molecule has 1 amide bonds. The monoisotopic (exact) mass is 272 g/mol. The highest BCUT2D eigenvalue weighted by Gasteiger charge is 2.39. The number of aromatic nitrogens is 1. The van der Waals surface area contributed by atoms with E-state index >= 15 is 0 Å². The molecule has 7 heteroatoms. The van der Waals surface area contributed by atoms with E-state index in [0.29, 0.717) is 5.69 Å². The van der Waals surface area contributed by atoms with Gasteiger partial charge in [0.25, 0.3) is 0 Å². The molecule has 98 valence electrons. The Labute approximate surface area is 105 Å². The maximum absolute atomic E-state index is 12.9. The molecule has 5 nitrogen and oxygen atoms in total. The average Bonchev–Trinajstić information content (AvgIpc) is 2.60. The fourth-order valence-electron chi connectivity index (χ4n) is 2.20. The Bertz CT molecular complexity index is 580. The van der Waals surface area contributed by atoms with Crippen molar-refractivity contribution in [3.63, 3.8) is 0 Å². The zero-order valence-electron chi connectivity index (χ0n) is 10.1. The first-order chi connectivity index (χ1) is 8.30. The van der Waals surface area contributed by atoms with Crippen molar-refractivity contribution < 1.29 is 17.1 Å². The number of aryl methyl sites for hydroxylation is 2. The normalized spacial score (nSPS) is 20.5. The van der Waals surface area contributed by atoms with Gasteiger partial charge in [0.15, 0.2) is 0 Å². The third kappa shape index (κ3) is 2.22. The van der Waals surface area contributed by atoms with Crippen LogP contribution in [0.25, 0.3) is 0 Å². The third-order valence-electron chi connectivity index (χ3n) is 3.04. The van der Waals surface area contributed by atoms with Gasteiger partial charge in [0.05, 0.1) is 5.69 Å². The Balaban J connectivity index is 2.39. The van der Waals surface area contributed by atoms with Crippen LogP contribution < -0.4 is 4.90 Å². The van der Waals surface area contributed by atoms with E-state index in [2.05, 4.69) is 4.98 Å². The zero-order valence-corrected chi connectivity index (χ0v) is 10.9. The zero-order chi connectivity index (χ0) is 13.5. The summed E-state index contributed by atoms with van der Waals surface area (Å²) >= 11 is 0. The van der Waals surface area contributed by atoms with E-state index in [1.807, 2.05) is 0 Å². The van der Waals surface area contributed by atoms with Crippen molar-refractivity contribution in [1.29, 1.82) is 0 Å². The number of nitrogens with zero attached hydrogens (tertiary/aromatic N) is 2. The second kappa shape index (κ2) is 4.31. The third-order valence-corrected chi connectivity index (χ3v) is 4.15. The fraction of sp³-hybridized carbons (Fsp3) is 0.455. The van der Waals surface area contributed by atoms with Crippen molar-refractivity contribution in [2.45, 2.75) is 25.5 Å². The highest BCUT2D eigenvalue weighted by Crippen LogP contribution is 2.30. The van der Waals surface area contributed by atoms with Crippen LogP contribution in [0.5, 0.6) is 0 Å². The summed E-state index contributed by atoms with van der Waals surface area (Å²) in [5.41, 5.74) is 2.15. The lowest BCUT2D eigenvalue weighted by Crippen LogP contribution is -2.28. The van der Waals surface area contributed by atoms with Crippen LogP contribution >= 0.6 is 0 Å². The first-order valence-corrected chi connectivity index (χ1v) is 6.90. The van der Waals surface area contributed by atoms with Crippen molar-refractivity contribution >= 4 is 21.8 Å². The van der Waals surface area contributed by atoms with Gasteiger partial charge in [0.1, 0.15) is 5.25 Å². The van der Waals surface area contributed by atoms with E-state index < -0.39 is 15.5 Å². The summed E-state index contributed by atoms with van der Waals surface area (Å²) in [5, 5.41) is -1.27. The highest BCUT2D eigenvalue weighted by molar-refractivity contribution is 7.87. The summed E-state index contributed by atoms with van der Waals surface area (Å²) in [6, 6.07) is 0. The maximum Gasteiger partial charge on any atom is 0.307 e. The largest absolute Gasteiger partial charge is 0.310 e. The first-order valence-electron chi connectivity index (χ1n) is 5.45. The van der Waals surface area contributed by atoms with Crippen LogP contribution in [0.3, 0.4) is 0 Å². The van der Waals surface area contributed by atoms with Crippen LogP contribution in [0.1, 0.15) is 17.5 Å². The number of hydrogen-bond acceptors (Lipinski definition) is 4. The van der Waals surface area contributed by atoms with Gasteiger partial charge >= 0.3 is 10.2 Å². The molecule has 0 bridgehead atoms. The summed E-state index contributed by atoms with van der Waals surface area (Å²) in [5.74, 6) is -0.376. The summed E-state index contributed by atoms with van der Waals surface area (Å²) in [6.07, 6.45) is 2.87. The van der Waals surface area contributed by atoms with Crippen molar-refractivity contribution in [2.75, 3.05) is 11.4 Å². The van der Waals surface area contributed by atoms with Gasteiger partial charge in [-0.05, 0) is 25.0 Å². The number of carbonyl (C=O) groups excluding carboxylic acids is 1. The molecule has 0 aliphatic carbocycles. The van der Waals surface area contributed by atoms with Gasteiger partial charge in [-0.25, -0.2) is 0 Å². The van der Waals surface area contributed by atoms with E-state index in [-0.39, 0.29) is 18.9 Å². The first kappa shape index (κ1) is 12.9. The van der Waals surface area contributed by atoms with Gasteiger partial charge < -0.3 is 4.90 Å². The predicted molar refractivity (Wildman–Crippen MR) is 64.5 cm³/mol. The van der Waals surface area contributed by atoms with Crippen LogP contribution in [0.4, 0.5) is 9.57 Å². The molecular formula is C11H13FN2O3S. The molecule has 1 atom stereocenters. The predicted octanol–water partition coefficient (Wildman–Crippen LogP) is 1.10. The molecule has 1 aliphatic heterocycles. The lowest BCUT2D eigenvalue weighted by Gasteiger charge is -2.20. The van der Waals surface area contributed by atoms with Crippen molar-refractivity contribution in [1.82, 2.24) is 4.98 Å². The SMILES string of the molecule is Cc1cncc(C)c1N1CC(S(=O)(=O)F)CC1=O. The number of halogens is 1. The quantitative estimate of drug-likeness (QED) is 0.756. The number of anilines is 1. The molecular weight excluding hydrogens is 259 g/mol. The topological polar surface area (TPSA) is 67.3 Å². The van der Waals surface area contributed by atoms with Gasteiger partial charge in [-0.3, -0.25) is 9.78 Å². The van der Waals surface area contributed by atoms with Crippen LogP contribution in [-0.2, 0) is 15.0 Å². The second-order valence-electron chi connectivity index (χ2n) is 4.43. The number of rotatable bonds is 2. The molecule has 0 radical (unpaired) electrons. The maximum atomic E-state index is 12.9. The Morgan fingerprint density at radius 3 is 2.33 bits per heavy atom. The fourth-order valence-corrected chi connectivity index (χ4v) is 2.87. The summed E-state index contributed by atoms with van der Waals surface area (Å²) < 4.78 is 34.7. The van der Waals surface area contributed by atoms with E-state index in [1.54, 1.807) is 26.2 Å². The summed E-state index contributed by atoms with van der Waals surface area (Å²) in [6.45, 7) is 3.42. The minimum absolute atomic E-state index is 0.136. The standard InChI is InChI=1S/C11H13FN2O3S/c1-7-4-13-5-8(2)11(7)14-6-9(3-10(14)15)18(12,16)17/h4-5,9H,3,6H2,1-2H3. The Kier molecular flexibility index (Phi) is 3.10. The molecule has 1 aromatic heterocycles. The molecule has 2 heterocycles. The van der Waals surface area contributed by atoms with Gasteiger partial charge in [-0.2, -0.15) is 8.42 Å². The molecule has 1 saturated heterocycles. The minimum Gasteiger partial charge on any atom is -0.310 e. The van der Waals surface area contributed by atoms with Crippen LogP contribution in [0.2, 0.25) is 0 Å².